The minimum Gasteiger partial charge on any atom is -0.497 e. The number of likely N-dealkylation sites (N-methyl/N-ethyl adjacent to an activating group) is 1. The van der Waals surface area contributed by atoms with Crippen LogP contribution < -0.4 is 19.7 Å². The molecule has 0 heterocycles. The number of nitrogens with zero attached hydrogens (tertiary/aromatic N) is 1. The highest BCUT2D eigenvalue weighted by Gasteiger charge is 2.29. The molecule has 0 aromatic heterocycles. The fourth-order valence-corrected chi connectivity index (χ4v) is 5.38. The van der Waals surface area contributed by atoms with Crippen LogP contribution in [0.15, 0.2) is 84.3 Å². The first-order valence-electron chi connectivity index (χ1n) is 12.2. The monoisotopic (exact) mass is 535 g/mol. The number of methoxy groups -OCH3 is 1. The molecule has 0 radical (unpaired) electrons. The van der Waals surface area contributed by atoms with Gasteiger partial charge in [-0.2, -0.15) is 0 Å². The van der Waals surface area contributed by atoms with Crippen molar-refractivity contribution in [3.63, 3.8) is 0 Å². The molecule has 1 atom stereocenters. The average molecular weight is 536 g/mol. The first kappa shape index (κ1) is 28.5. The molecule has 1 unspecified atom stereocenters. The predicted octanol–water partition coefficient (Wildman–Crippen LogP) is 4.69. The van der Waals surface area contributed by atoms with E-state index in [1.807, 2.05) is 37.3 Å². The molecule has 8 nitrogen and oxygen atoms in total. The van der Waals surface area contributed by atoms with Gasteiger partial charge in [-0.1, -0.05) is 54.6 Å². The number of hydrogen-bond donors (Lipinski definition) is 2. The van der Waals surface area contributed by atoms with Crippen LogP contribution in [0.1, 0.15) is 30.5 Å². The maximum Gasteiger partial charge on any atom is 0.329 e. The Kier molecular flexibility index (Phi) is 9.30. The molecule has 2 N–H and O–H groups in total. The molecular formula is C29H33N3O5S. The van der Waals surface area contributed by atoms with Crippen molar-refractivity contribution in [2.24, 2.45) is 0 Å². The molecule has 0 fully saturated rings. The van der Waals surface area contributed by atoms with Crippen LogP contribution in [0.2, 0.25) is 0 Å². The van der Waals surface area contributed by atoms with Gasteiger partial charge in [-0.05, 0) is 67.8 Å². The number of nitrogens with one attached hydrogen (secondary N) is 2. The number of allylic oxidation sites excluding steroid dienone is 1. The number of sulfonamides is 1. The first-order chi connectivity index (χ1) is 18.1. The van der Waals surface area contributed by atoms with Crippen LogP contribution in [0.3, 0.4) is 0 Å². The van der Waals surface area contributed by atoms with Gasteiger partial charge in [0.25, 0.3) is 10.0 Å². The van der Waals surface area contributed by atoms with E-state index in [1.165, 1.54) is 11.0 Å². The Morgan fingerprint density at radius 1 is 1.00 bits per heavy atom. The van der Waals surface area contributed by atoms with Crippen LogP contribution in [0.4, 0.5) is 10.5 Å². The van der Waals surface area contributed by atoms with E-state index in [0.717, 1.165) is 5.56 Å². The maximum atomic E-state index is 13.7. The number of benzene rings is 3. The second kappa shape index (κ2) is 12.4. The van der Waals surface area contributed by atoms with Gasteiger partial charge in [0.05, 0.1) is 12.0 Å². The summed E-state index contributed by atoms with van der Waals surface area (Å²) in [6.07, 6.45) is 0.171. The van der Waals surface area contributed by atoms with Crippen molar-refractivity contribution in [1.29, 1.82) is 0 Å². The number of anilines is 1. The summed E-state index contributed by atoms with van der Waals surface area (Å²) in [7, 11) is -2.66. The Hall–Kier alpha value is -4.11. The zero-order valence-corrected chi connectivity index (χ0v) is 22.8. The molecule has 38 heavy (non-hydrogen) atoms. The SMILES string of the molecule is C=C(C)c1cccc(S(=O)(=O)NC(=O)NC(Cc2ccccc2)C(=O)N(CC)c2ccc(OC)cc2)c1C. The van der Waals surface area contributed by atoms with Gasteiger partial charge in [0.1, 0.15) is 11.8 Å². The van der Waals surface area contributed by atoms with Crippen molar-refractivity contribution >= 4 is 33.2 Å². The fourth-order valence-electron chi connectivity index (χ4n) is 4.20. The Bertz CT molecular complexity index is 1400. The number of carbonyl (C=O) groups excluding carboxylic acids is 2. The van der Waals surface area contributed by atoms with E-state index >= 15 is 0 Å². The normalized spacial score (nSPS) is 11.8. The molecule has 0 spiro atoms. The lowest BCUT2D eigenvalue weighted by Gasteiger charge is -2.27. The Labute approximate surface area is 224 Å². The average Bonchev–Trinajstić information content (AvgIpc) is 2.89. The highest BCUT2D eigenvalue weighted by molar-refractivity contribution is 7.90. The van der Waals surface area contributed by atoms with E-state index in [4.69, 9.17) is 4.74 Å². The third-order valence-corrected chi connectivity index (χ3v) is 7.59. The minimum atomic E-state index is -4.22. The van der Waals surface area contributed by atoms with E-state index in [9.17, 15) is 18.0 Å². The molecule has 200 valence electrons. The van der Waals surface area contributed by atoms with Crippen molar-refractivity contribution < 1.29 is 22.7 Å². The summed E-state index contributed by atoms with van der Waals surface area (Å²) < 4.78 is 33.5. The highest BCUT2D eigenvalue weighted by atomic mass is 32.2. The van der Waals surface area contributed by atoms with Gasteiger partial charge < -0.3 is 15.0 Å². The van der Waals surface area contributed by atoms with Crippen LogP contribution in [0, 0.1) is 6.92 Å². The summed E-state index contributed by atoms with van der Waals surface area (Å²) in [5.74, 6) is 0.265. The second-order valence-electron chi connectivity index (χ2n) is 8.81. The third kappa shape index (κ3) is 6.80. The molecule has 0 aliphatic rings. The zero-order chi connectivity index (χ0) is 27.9. The molecule has 0 saturated heterocycles. The second-order valence-corrected chi connectivity index (χ2v) is 10.5. The smallest absolute Gasteiger partial charge is 0.329 e. The first-order valence-corrected chi connectivity index (χ1v) is 13.6. The Morgan fingerprint density at radius 2 is 1.66 bits per heavy atom. The van der Waals surface area contributed by atoms with Crippen LogP contribution in [0.25, 0.3) is 5.57 Å². The molecule has 3 amide bonds. The molecule has 0 aliphatic heterocycles. The summed E-state index contributed by atoms with van der Waals surface area (Å²) in [6, 6.07) is 18.9. The van der Waals surface area contributed by atoms with Gasteiger partial charge in [-0.25, -0.2) is 17.9 Å². The Morgan fingerprint density at radius 3 is 2.24 bits per heavy atom. The van der Waals surface area contributed by atoms with Crippen LogP contribution in [0.5, 0.6) is 5.75 Å². The molecule has 3 aromatic rings. The van der Waals surface area contributed by atoms with E-state index in [1.54, 1.807) is 57.4 Å². The van der Waals surface area contributed by atoms with E-state index in [-0.39, 0.29) is 17.2 Å². The van der Waals surface area contributed by atoms with E-state index in [2.05, 4.69) is 16.6 Å². The summed E-state index contributed by atoms with van der Waals surface area (Å²) in [5.41, 5.74) is 3.30. The van der Waals surface area contributed by atoms with Crippen molar-refractivity contribution in [3.05, 3.63) is 96.1 Å². The molecule has 0 saturated carbocycles. The highest BCUT2D eigenvalue weighted by Crippen LogP contribution is 2.24. The molecule has 3 aromatic carbocycles. The van der Waals surface area contributed by atoms with Gasteiger partial charge in [-0.3, -0.25) is 4.79 Å². The van der Waals surface area contributed by atoms with Crippen molar-refractivity contribution in [2.45, 2.75) is 38.1 Å². The van der Waals surface area contributed by atoms with E-state index in [0.29, 0.717) is 34.7 Å². The van der Waals surface area contributed by atoms with Gasteiger partial charge >= 0.3 is 6.03 Å². The van der Waals surface area contributed by atoms with Crippen molar-refractivity contribution in [1.82, 2.24) is 10.0 Å². The topological polar surface area (TPSA) is 105 Å². The number of carbonyl (C=O) groups is 2. The lowest BCUT2D eigenvalue weighted by molar-refractivity contribution is -0.120. The maximum absolute atomic E-state index is 13.7. The summed E-state index contributed by atoms with van der Waals surface area (Å²) in [4.78, 5) is 28.2. The zero-order valence-electron chi connectivity index (χ0n) is 22.0. The third-order valence-electron chi connectivity index (χ3n) is 6.11. The van der Waals surface area contributed by atoms with E-state index < -0.39 is 22.1 Å². The Balaban J connectivity index is 1.87. The lowest BCUT2D eigenvalue weighted by Crippen LogP contribution is -2.53. The number of ether oxygens (including phenoxy) is 1. The van der Waals surface area contributed by atoms with Crippen LogP contribution >= 0.6 is 0 Å². The van der Waals surface area contributed by atoms with Crippen LogP contribution in [-0.4, -0.2) is 40.1 Å². The number of rotatable bonds is 10. The lowest BCUT2D eigenvalue weighted by atomic mass is 10.0. The molecule has 3 rings (SSSR count). The number of amides is 3. The summed E-state index contributed by atoms with van der Waals surface area (Å²) in [6.45, 7) is 9.48. The summed E-state index contributed by atoms with van der Waals surface area (Å²) in [5, 5.41) is 2.59. The quantitative estimate of drug-likeness (QED) is 0.392. The van der Waals surface area contributed by atoms with Gasteiger partial charge in [0.2, 0.25) is 5.91 Å². The molecule has 9 heteroatoms. The molecule has 0 aliphatic carbocycles. The fraction of sp³-hybridized carbons (Fsp3) is 0.241. The van der Waals surface area contributed by atoms with Crippen molar-refractivity contribution in [3.8, 4) is 5.75 Å². The van der Waals surface area contributed by atoms with Crippen molar-refractivity contribution in [2.75, 3.05) is 18.6 Å². The van der Waals surface area contributed by atoms with Crippen LogP contribution in [-0.2, 0) is 21.2 Å². The largest absolute Gasteiger partial charge is 0.497 e. The van der Waals surface area contributed by atoms with Gasteiger partial charge in [-0.15, -0.1) is 0 Å². The minimum absolute atomic E-state index is 0.0347. The van der Waals surface area contributed by atoms with Gasteiger partial charge in [0.15, 0.2) is 0 Å². The number of hydrogen-bond acceptors (Lipinski definition) is 5. The molecule has 0 bridgehead atoms. The molecular weight excluding hydrogens is 502 g/mol. The standard InChI is InChI=1S/C29H33N3O5S/c1-6-32(23-15-17-24(37-5)18-16-23)28(33)26(19-22-11-8-7-9-12-22)30-29(34)31-38(35,36)27-14-10-13-25(20(2)3)21(27)4/h7-18,26H,2,6,19H2,1,3-5H3,(H2,30,31,34). The van der Waals surface area contributed by atoms with Gasteiger partial charge in [0, 0.05) is 18.7 Å². The predicted molar refractivity (Wildman–Crippen MR) is 150 cm³/mol. The number of urea groups is 1. The summed E-state index contributed by atoms with van der Waals surface area (Å²) >= 11 is 0.